The van der Waals surface area contributed by atoms with Gasteiger partial charge >= 0.3 is 0 Å². The van der Waals surface area contributed by atoms with Crippen molar-refractivity contribution in [3.8, 4) is 5.75 Å². The first-order valence-corrected chi connectivity index (χ1v) is 14.3. The number of hydrogen-bond acceptors (Lipinski definition) is 7. The molecule has 0 bridgehead atoms. The van der Waals surface area contributed by atoms with Gasteiger partial charge in [-0.1, -0.05) is 65.4 Å². The number of fused-ring (bicyclic) bond motifs is 1. The number of benzene rings is 2. The van der Waals surface area contributed by atoms with E-state index in [1.165, 1.54) is 28.5 Å². The van der Waals surface area contributed by atoms with Crippen molar-refractivity contribution in [1.82, 2.24) is 15.4 Å². The molecule has 2 aromatic carbocycles. The van der Waals surface area contributed by atoms with E-state index in [-0.39, 0.29) is 39.5 Å². The third kappa shape index (κ3) is 5.62. The predicted octanol–water partition coefficient (Wildman–Crippen LogP) is 5.99. The van der Waals surface area contributed by atoms with E-state index in [4.69, 9.17) is 0 Å². The standard InChI is InChI=1S/C26H31N3O3S3/c1-25(2,3)16-11-15(12-17(22(16)32)26(4,5)6)23-29(21(31)14-33-23)28-20(30)13-34-24-27-18-9-7-8-10-19(18)35-24/h7-12,23,32H,13-14H2,1-6H3,(H,28,30). The van der Waals surface area contributed by atoms with E-state index >= 15 is 0 Å². The Morgan fingerprint density at radius 3 is 2.37 bits per heavy atom. The fraction of sp³-hybridized carbons (Fsp3) is 0.423. The average molecular weight is 530 g/mol. The maximum absolute atomic E-state index is 12.8. The minimum absolute atomic E-state index is 0.138. The van der Waals surface area contributed by atoms with E-state index in [1.807, 2.05) is 36.4 Å². The Kier molecular flexibility index (Phi) is 7.14. The number of phenols is 1. The molecule has 1 aromatic heterocycles. The first-order valence-electron chi connectivity index (χ1n) is 11.4. The van der Waals surface area contributed by atoms with Crippen LogP contribution in [0.2, 0.25) is 0 Å². The molecule has 1 fully saturated rings. The second-order valence-electron chi connectivity index (χ2n) is 10.7. The maximum atomic E-state index is 12.8. The van der Waals surface area contributed by atoms with Crippen LogP contribution < -0.4 is 5.43 Å². The van der Waals surface area contributed by atoms with E-state index in [0.29, 0.717) is 5.75 Å². The van der Waals surface area contributed by atoms with E-state index in [2.05, 4.69) is 52.0 Å². The van der Waals surface area contributed by atoms with Crippen molar-refractivity contribution in [3.05, 3.63) is 53.1 Å². The van der Waals surface area contributed by atoms with Gasteiger partial charge in [0.15, 0.2) is 4.34 Å². The number of phenolic OH excluding ortho intramolecular Hbond substituents is 1. The van der Waals surface area contributed by atoms with Crippen LogP contribution in [0.15, 0.2) is 40.7 Å². The van der Waals surface area contributed by atoms with E-state index in [1.54, 1.807) is 11.3 Å². The average Bonchev–Trinajstić information content (AvgIpc) is 3.34. The maximum Gasteiger partial charge on any atom is 0.252 e. The van der Waals surface area contributed by atoms with Crippen molar-refractivity contribution < 1.29 is 14.7 Å². The summed E-state index contributed by atoms with van der Waals surface area (Å²) in [4.78, 5) is 30.1. The van der Waals surface area contributed by atoms with Crippen LogP contribution in [-0.2, 0) is 20.4 Å². The molecule has 1 unspecified atom stereocenters. The molecule has 186 valence electrons. The second-order valence-corrected chi connectivity index (χ2v) is 14.0. The number of aromatic hydroxyl groups is 1. The highest BCUT2D eigenvalue weighted by atomic mass is 32.2. The molecule has 3 aromatic rings. The molecule has 1 aliphatic rings. The van der Waals surface area contributed by atoms with Gasteiger partial charge < -0.3 is 5.11 Å². The zero-order valence-electron chi connectivity index (χ0n) is 20.8. The number of aromatic nitrogens is 1. The summed E-state index contributed by atoms with van der Waals surface area (Å²) < 4.78 is 1.90. The van der Waals surface area contributed by atoms with Gasteiger partial charge in [-0.2, -0.15) is 0 Å². The van der Waals surface area contributed by atoms with Crippen molar-refractivity contribution >= 4 is 56.9 Å². The van der Waals surface area contributed by atoms with Crippen molar-refractivity contribution in [2.75, 3.05) is 11.5 Å². The molecule has 0 spiro atoms. The lowest BCUT2D eigenvalue weighted by molar-refractivity contribution is -0.138. The number of para-hydroxylation sites is 1. The summed E-state index contributed by atoms with van der Waals surface area (Å²) in [5, 5.41) is 12.1. The molecular weight excluding hydrogens is 499 g/mol. The number of amides is 2. The molecule has 0 saturated carbocycles. The molecule has 2 amide bonds. The van der Waals surface area contributed by atoms with Crippen molar-refractivity contribution in [1.29, 1.82) is 0 Å². The number of hydrazine groups is 1. The largest absolute Gasteiger partial charge is 0.507 e. The van der Waals surface area contributed by atoms with Crippen LogP contribution in [0, 0.1) is 0 Å². The predicted molar refractivity (Wildman–Crippen MR) is 146 cm³/mol. The Morgan fingerprint density at radius 2 is 1.77 bits per heavy atom. The summed E-state index contributed by atoms with van der Waals surface area (Å²) in [7, 11) is 0. The fourth-order valence-corrected chi connectivity index (χ4v) is 6.89. The van der Waals surface area contributed by atoms with Gasteiger partial charge in [-0.05, 0) is 51.8 Å². The molecule has 2 N–H and O–H groups in total. The molecule has 0 radical (unpaired) electrons. The van der Waals surface area contributed by atoms with Crippen molar-refractivity contribution in [2.45, 2.75) is 62.1 Å². The highest BCUT2D eigenvalue weighted by molar-refractivity contribution is 8.01. The van der Waals surface area contributed by atoms with E-state index < -0.39 is 0 Å². The monoisotopic (exact) mass is 529 g/mol. The van der Waals surface area contributed by atoms with Gasteiger partial charge in [-0.3, -0.25) is 15.0 Å². The van der Waals surface area contributed by atoms with Crippen molar-refractivity contribution in [2.24, 2.45) is 0 Å². The second kappa shape index (κ2) is 9.67. The van der Waals surface area contributed by atoms with Crippen LogP contribution in [0.5, 0.6) is 5.75 Å². The van der Waals surface area contributed by atoms with Gasteiger partial charge in [-0.25, -0.2) is 9.99 Å². The van der Waals surface area contributed by atoms with Crippen molar-refractivity contribution in [3.63, 3.8) is 0 Å². The summed E-state index contributed by atoms with van der Waals surface area (Å²) >= 11 is 4.40. The van der Waals surface area contributed by atoms with Crippen LogP contribution >= 0.6 is 34.9 Å². The summed E-state index contributed by atoms with van der Waals surface area (Å²) in [5.74, 6) is 0.358. The number of carbonyl (C=O) groups is 2. The molecule has 0 aliphatic carbocycles. The SMILES string of the molecule is CC(C)(C)c1cc(C2SCC(=O)N2NC(=O)CSc2nc3ccccc3s2)cc(C(C)(C)C)c1O. The number of nitrogens with one attached hydrogen (secondary N) is 1. The molecule has 2 heterocycles. The Bertz CT molecular complexity index is 1210. The summed E-state index contributed by atoms with van der Waals surface area (Å²) in [6.07, 6.45) is 0. The third-order valence-corrected chi connectivity index (χ3v) is 9.14. The molecule has 1 atom stereocenters. The van der Waals surface area contributed by atoms with Crippen LogP contribution in [-0.4, -0.2) is 38.4 Å². The fourth-order valence-electron chi connectivity index (χ4n) is 3.94. The number of carbonyl (C=O) groups excluding carboxylic acids is 2. The van der Waals surface area contributed by atoms with E-state index in [0.717, 1.165) is 31.2 Å². The number of thiazole rings is 1. The van der Waals surface area contributed by atoms with Gasteiger partial charge in [0.05, 0.1) is 21.7 Å². The van der Waals surface area contributed by atoms with Gasteiger partial charge in [0.25, 0.3) is 5.91 Å². The lowest BCUT2D eigenvalue weighted by Gasteiger charge is -2.31. The first-order chi connectivity index (χ1) is 16.3. The van der Waals surface area contributed by atoms with Gasteiger partial charge in [0.1, 0.15) is 11.1 Å². The number of nitrogens with zero attached hydrogens (tertiary/aromatic N) is 2. The van der Waals surface area contributed by atoms with Crippen LogP contribution in [0.3, 0.4) is 0 Å². The highest BCUT2D eigenvalue weighted by Gasteiger charge is 2.37. The number of thioether (sulfide) groups is 2. The molecule has 4 rings (SSSR count). The zero-order chi connectivity index (χ0) is 25.5. The Hall–Kier alpha value is -2.23. The lowest BCUT2D eigenvalue weighted by Crippen LogP contribution is -2.45. The van der Waals surface area contributed by atoms with Gasteiger partial charge in [-0.15, -0.1) is 23.1 Å². The normalized spacial score (nSPS) is 16.8. The van der Waals surface area contributed by atoms with Gasteiger partial charge in [0.2, 0.25) is 5.91 Å². The molecule has 9 heteroatoms. The highest BCUT2D eigenvalue weighted by Crippen LogP contribution is 2.45. The topological polar surface area (TPSA) is 82.5 Å². The summed E-state index contributed by atoms with van der Waals surface area (Å²) in [5.41, 5.74) is 5.74. The first kappa shape index (κ1) is 25.9. The van der Waals surface area contributed by atoms with Crippen LogP contribution in [0.1, 0.15) is 63.6 Å². The molecule has 1 saturated heterocycles. The Morgan fingerprint density at radius 1 is 1.14 bits per heavy atom. The molecule has 6 nitrogen and oxygen atoms in total. The molecular formula is C26H31N3O3S3. The van der Waals surface area contributed by atoms with Gasteiger partial charge in [0, 0.05) is 0 Å². The molecule has 35 heavy (non-hydrogen) atoms. The Balaban J connectivity index is 1.55. The summed E-state index contributed by atoms with van der Waals surface area (Å²) in [6, 6.07) is 11.8. The quantitative estimate of drug-likeness (QED) is 0.395. The van der Waals surface area contributed by atoms with Crippen LogP contribution in [0.4, 0.5) is 0 Å². The van der Waals surface area contributed by atoms with E-state index in [9.17, 15) is 14.7 Å². The summed E-state index contributed by atoms with van der Waals surface area (Å²) in [6.45, 7) is 12.4. The lowest BCUT2D eigenvalue weighted by atomic mass is 9.78. The number of rotatable bonds is 5. The van der Waals surface area contributed by atoms with Crippen LogP contribution in [0.25, 0.3) is 10.2 Å². The smallest absolute Gasteiger partial charge is 0.252 e. The minimum atomic E-state index is -0.360. The Labute approximate surface area is 218 Å². The molecule has 1 aliphatic heterocycles. The minimum Gasteiger partial charge on any atom is -0.507 e. The zero-order valence-corrected chi connectivity index (χ0v) is 23.3. The number of hydrogen-bond donors (Lipinski definition) is 2. The third-order valence-electron chi connectivity index (χ3n) is 5.75.